The Morgan fingerprint density at radius 3 is 2.19 bits per heavy atom. The second-order valence-electron chi connectivity index (χ2n) is 5.23. The molecular weight excluding hydrogens is 200 g/mol. The van der Waals surface area contributed by atoms with Crippen LogP contribution in [-0.2, 0) is 4.79 Å². The summed E-state index contributed by atoms with van der Waals surface area (Å²) in [6, 6.07) is 2.37. The maximum atomic E-state index is 11.8. The standard InChI is InChI=1S/C13H20N2O/c14-10-13(15-12(16)11-6-7-11)8-4-2-1-3-5-9-13/h11H,1-9H2,(H,15,16). The van der Waals surface area contributed by atoms with Crippen LogP contribution in [0.25, 0.3) is 0 Å². The van der Waals surface area contributed by atoms with Gasteiger partial charge in [0.2, 0.25) is 5.91 Å². The summed E-state index contributed by atoms with van der Waals surface area (Å²) < 4.78 is 0. The molecule has 88 valence electrons. The number of carbonyl (C=O) groups is 1. The maximum Gasteiger partial charge on any atom is 0.224 e. The van der Waals surface area contributed by atoms with Gasteiger partial charge in [-0.25, -0.2) is 0 Å². The lowest BCUT2D eigenvalue weighted by molar-refractivity contribution is -0.123. The zero-order valence-corrected chi connectivity index (χ0v) is 9.80. The van der Waals surface area contributed by atoms with E-state index in [0.717, 1.165) is 38.5 Å². The third kappa shape index (κ3) is 2.75. The highest BCUT2D eigenvalue weighted by atomic mass is 16.2. The molecular formula is C13H20N2O. The lowest BCUT2D eigenvalue weighted by Gasteiger charge is -2.29. The zero-order chi connectivity index (χ0) is 11.4. The number of nitriles is 1. The van der Waals surface area contributed by atoms with E-state index in [1.165, 1.54) is 19.3 Å². The molecule has 2 rings (SSSR count). The van der Waals surface area contributed by atoms with Crippen LogP contribution in [-0.4, -0.2) is 11.4 Å². The van der Waals surface area contributed by atoms with Gasteiger partial charge in [-0.1, -0.05) is 32.1 Å². The first-order chi connectivity index (χ1) is 7.76. The second kappa shape index (κ2) is 4.86. The summed E-state index contributed by atoms with van der Waals surface area (Å²) in [6.07, 6.45) is 9.49. The molecule has 0 unspecified atom stereocenters. The van der Waals surface area contributed by atoms with E-state index in [4.69, 9.17) is 0 Å². The molecule has 2 aliphatic carbocycles. The van der Waals surface area contributed by atoms with E-state index in [9.17, 15) is 10.1 Å². The van der Waals surface area contributed by atoms with Gasteiger partial charge >= 0.3 is 0 Å². The Hall–Kier alpha value is -1.04. The first kappa shape index (κ1) is 11.4. The minimum Gasteiger partial charge on any atom is -0.338 e. The van der Waals surface area contributed by atoms with Crippen LogP contribution in [0.15, 0.2) is 0 Å². The highest BCUT2D eigenvalue weighted by molar-refractivity contribution is 5.82. The van der Waals surface area contributed by atoms with Crippen molar-refractivity contribution >= 4 is 5.91 Å². The fraction of sp³-hybridized carbons (Fsp3) is 0.846. The molecule has 0 radical (unpaired) electrons. The van der Waals surface area contributed by atoms with E-state index < -0.39 is 5.54 Å². The summed E-state index contributed by atoms with van der Waals surface area (Å²) in [5.74, 6) is 0.317. The van der Waals surface area contributed by atoms with E-state index in [2.05, 4.69) is 11.4 Å². The molecule has 0 aromatic carbocycles. The van der Waals surface area contributed by atoms with Gasteiger partial charge in [0.25, 0.3) is 0 Å². The smallest absolute Gasteiger partial charge is 0.224 e. The average Bonchev–Trinajstić information content (AvgIpc) is 3.06. The normalized spacial score (nSPS) is 24.9. The molecule has 3 nitrogen and oxygen atoms in total. The number of nitrogens with one attached hydrogen (secondary N) is 1. The van der Waals surface area contributed by atoms with Crippen molar-refractivity contribution in [1.29, 1.82) is 5.26 Å². The van der Waals surface area contributed by atoms with Crippen LogP contribution in [0, 0.1) is 17.2 Å². The molecule has 2 saturated carbocycles. The summed E-state index contributed by atoms with van der Waals surface area (Å²) in [7, 11) is 0. The van der Waals surface area contributed by atoms with Crippen LogP contribution in [0.1, 0.15) is 57.8 Å². The number of amides is 1. The number of carbonyl (C=O) groups excluding carboxylic acids is 1. The summed E-state index contributed by atoms with van der Waals surface area (Å²) in [6.45, 7) is 0. The van der Waals surface area contributed by atoms with E-state index in [-0.39, 0.29) is 11.8 Å². The van der Waals surface area contributed by atoms with E-state index in [1.807, 2.05) is 0 Å². The molecule has 0 bridgehead atoms. The summed E-state index contributed by atoms with van der Waals surface area (Å²) >= 11 is 0. The largest absolute Gasteiger partial charge is 0.338 e. The van der Waals surface area contributed by atoms with Gasteiger partial charge in [-0.2, -0.15) is 5.26 Å². The molecule has 1 N–H and O–H groups in total. The third-order valence-electron chi connectivity index (χ3n) is 3.73. The number of hydrogen-bond acceptors (Lipinski definition) is 2. The van der Waals surface area contributed by atoms with Gasteiger partial charge in [0.1, 0.15) is 5.54 Å². The Labute approximate surface area is 97.2 Å². The number of rotatable bonds is 2. The van der Waals surface area contributed by atoms with Gasteiger partial charge in [-0.05, 0) is 25.7 Å². The number of nitrogens with zero attached hydrogens (tertiary/aromatic N) is 1. The molecule has 16 heavy (non-hydrogen) atoms. The summed E-state index contributed by atoms with van der Waals surface area (Å²) in [4.78, 5) is 11.8. The predicted molar refractivity (Wildman–Crippen MR) is 61.5 cm³/mol. The first-order valence-corrected chi connectivity index (χ1v) is 6.49. The van der Waals surface area contributed by atoms with Crippen molar-refractivity contribution in [2.45, 2.75) is 63.3 Å². The first-order valence-electron chi connectivity index (χ1n) is 6.49. The van der Waals surface area contributed by atoms with Crippen LogP contribution in [0.5, 0.6) is 0 Å². The van der Waals surface area contributed by atoms with Crippen LogP contribution in [0.4, 0.5) is 0 Å². The highest BCUT2D eigenvalue weighted by Gasteiger charge is 2.37. The Morgan fingerprint density at radius 2 is 1.69 bits per heavy atom. The molecule has 0 heterocycles. The van der Waals surface area contributed by atoms with Crippen molar-refractivity contribution < 1.29 is 4.79 Å². The molecule has 0 spiro atoms. The van der Waals surface area contributed by atoms with E-state index in [1.54, 1.807) is 0 Å². The van der Waals surface area contributed by atoms with E-state index >= 15 is 0 Å². The molecule has 3 heteroatoms. The SMILES string of the molecule is N#CC1(NC(=O)C2CC2)CCCCCCC1. The van der Waals surface area contributed by atoms with E-state index in [0.29, 0.717) is 0 Å². The minimum absolute atomic E-state index is 0.113. The van der Waals surface area contributed by atoms with Crippen molar-refractivity contribution in [3.63, 3.8) is 0 Å². The van der Waals surface area contributed by atoms with Gasteiger partial charge < -0.3 is 5.32 Å². The summed E-state index contributed by atoms with van der Waals surface area (Å²) in [5, 5.41) is 12.4. The predicted octanol–water partition coefficient (Wildman–Crippen LogP) is 2.52. The van der Waals surface area contributed by atoms with Gasteiger partial charge in [-0.3, -0.25) is 4.79 Å². The molecule has 0 saturated heterocycles. The lowest BCUT2D eigenvalue weighted by atomic mass is 9.85. The van der Waals surface area contributed by atoms with Gasteiger partial charge in [0.15, 0.2) is 0 Å². The fourth-order valence-electron chi connectivity index (χ4n) is 2.46. The third-order valence-corrected chi connectivity index (χ3v) is 3.73. The molecule has 2 fully saturated rings. The van der Waals surface area contributed by atoms with Crippen molar-refractivity contribution in [3.05, 3.63) is 0 Å². The Morgan fingerprint density at radius 1 is 1.12 bits per heavy atom. The molecule has 0 atom stereocenters. The molecule has 0 aromatic heterocycles. The highest BCUT2D eigenvalue weighted by Crippen LogP contribution is 2.32. The lowest BCUT2D eigenvalue weighted by Crippen LogP contribution is -2.48. The topological polar surface area (TPSA) is 52.9 Å². The maximum absolute atomic E-state index is 11.8. The van der Waals surface area contributed by atoms with Crippen LogP contribution in [0.3, 0.4) is 0 Å². The minimum atomic E-state index is -0.555. The number of hydrogen-bond donors (Lipinski definition) is 1. The van der Waals surface area contributed by atoms with Crippen LogP contribution >= 0.6 is 0 Å². The van der Waals surface area contributed by atoms with Crippen molar-refractivity contribution in [2.75, 3.05) is 0 Å². The molecule has 0 aromatic rings. The van der Waals surface area contributed by atoms with Gasteiger partial charge in [-0.15, -0.1) is 0 Å². The summed E-state index contributed by atoms with van der Waals surface area (Å²) in [5.41, 5.74) is -0.555. The molecule has 2 aliphatic rings. The van der Waals surface area contributed by atoms with Crippen molar-refractivity contribution in [1.82, 2.24) is 5.32 Å². The zero-order valence-electron chi connectivity index (χ0n) is 9.80. The average molecular weight is 220 g/mol. The second-order valence-corrected chi connectivity index (χ2v) is 5.23. The van der Waals surface area contributed by atoms with Gasteiger partial charge in [0, 0.05) is 5.92 Å². The molecule has 1 amide bonds. The Bertz CT molecular complexity index is 294. The monoisotopic (exact) mass is 220 g/mol. The quantitative estimate of drug-likeness (QED) is 0.777. The Kier molecular flexibility index (Phi) is 3.48. The van der Waals surface area contributed by atoms with Crippen molar-refractivity contribution in [3.8, 4) is 6.07 Å². The fourth-order valence-corrected chi connectivity index (χ4v) is 2.46. The van der Waals surface area contributed by atoms with Crippen LogP contribution in [0.2, 0.25) is 0 Å². The van der Waals surface area contributed by atoms with Gasteiger partial charge in [0.05, 0.1) is 6.07 Å². The van der Waals surface area contributed by atoms with Crippen LogP contribution < -0.4 is 5.32 Å². The molecule has 0 aliphatic heterocycles. The Balaban J connectivity index is 1.97. The van der Waals surface area contributed by atoms with Crippen molar-refractivity contribution in [2.24, 2.45) is 5.92 Å².